The van der Waals surface area contributed by atoms with Gasteiger partial charge >= 0.3 is 0 Å². The molecule has 0 aliphatic carbocycles. The lowest BCUT2D eigenvalue weighted by atomic mass is 10.1. The van der Waals surface area contributed by atoms with Crippen molar-refractivity contribution < 1.29 is 19.1 Å². The molecule has 0 unspecified atom stereocenters. The lowest BCUT2D eigenvalue weighted by Crippen LogP contribution is -2.32. The number of halogens is 2. The zero-order chi connectivity index (χ0) is 21.1. The minimum atomic E-state index is -0.312. The second-order valence-corrected chi connectivity index (χ2v) is 9.17. The molecule has 1 aliphatic rings. The van der Waals surface area contributed by atoms with Crippen molar-refractivity contribution in [3.63, 3.8) is 0 Å². The summed E-state index contributed by atoms with van der Waals surface area (Å²) >= 11 is 7.82. The molecule has 1 aliphatic heterocycles. The topological polar surface area (TPSA) is 55.8 Å². The van der Waals surface area contributed by atoms with E-state index in [0.29, 0.717) is 10.7 Å². The average molecular weight is 541 g/mol. The van der Waals surface area contributed by atoms with Gasteiger partial charge in [-0.3, -0.25) is 14.5 Å². The molecule has 0 N–H and O–H groups in total. The number of ether oxygens (including phenoxy) is 2. The number of hydrogen-bond acceptors (Lipinski definition) is 5. The fourth-order valence-corrected chi connectivity index (χ4v) is 5.22. The van der Waals surface area contributed by atoms with Crippen LogP contribution in [0.15, 0.2) is 44.2 Å². The van der Waals surface area contributed by atoms with E-state index in [9.17, 15) is 9.59 Å². The van der Waals surface area contributed by atoms with Crippen LogP contribution in [-0.4, -0.2) is 36.3 Å². The monoisotopic (exact) mass is 539 g/mol. The number of benzene rings is 2. The molecule has 0 bridgehead atoms. The molecule has 1 heterocycles. The van der Waals surface area contributed by atoms with Gasteiger partial charge in [0.1, 0.15) is 18.1 Å². The van der Waals surface area contributed by atoms with Crippen molar-refractivity contribution in [2.24, 2.45) is 0 Å². The van der Waals surface area contributed by atoms with Crippen LogP contribution < -0.4 is 9.47 Å². The van der Waals surface area contributed by atoms with E-state index < -0.39 is 0 Å². The predicted octanol–water partition coefficient (Wildman–Crippen LogP) is 5.95. The maximum absolute atomic E-state index is 12.7. The average Bonchev–Trinajstić information content (AvgIpc) is 2.91. The molecule has 0 atom stereocenters. The summed E-state index contributed by atoms with van der Waals surface area (Å²) in [5.74, 6) is 1.12. The molecule has 1 fully saturated rings. The summed E-state index contributed by atoms with van der Waals surface area (Å²) in [5, 5.41) is -0.294. The van der Waals surface area contributed by atoms with E-state index >= 15 is 0 Å². The number of thioether (sulfide) groups is 1. The number of imide groups is 1. The second kappa shape index (κ2) is 9.36. The number of hydrogen-bond donors (Lipinski definition) is 0. The molecule has 8 heteroatoms. The fraction of sp³-hybridized carbons (Fsp3) is 0.238. The number of methoxy groups -OCH3 is 1. The molecule has 29 heavy (non-hydrogen) atoms. The quantitative estimate of drug-likeness (QED) is 0.423. The largest absolute Gasteiger partial charge is 0.494 e. The molecule has 0 aromatic heterocycles. The number of nitrogens with zero attached hydrogens (tertiary/aromatic N) is 1. The number of amides is 2. The Kier molecular flexibility index (Phi) is 7.08. The third-order valence-electron chi connectivity index (χ3n) is 4.31. The molecule has 3 rings (SSSR count). The molecular formula is C21H19Br2NO4S. The maximum atomic E-state index is 12.7. The summed E-state index contributed by atoms with van der Waals surface area (Å²) in [5.41, 5.74) is 2.89. The first-order chi connectivity index (χ1) is 13.8. The van der Waals surface area contributed by atoms with Gasteiger partial charge in [0.05, 0.1) is 27.5 Å². The van der Waals surface area contributed by atoms with Gasteiger partial charge in [-0.2, -0.15) is 0 Å². The highest BCUT2D eigenvalue weighted by atomic mass is 79.9. The summed E-state index contributed by atoms with van der Waals surface area (Å²) in [6.07, 6.45) is 1.70. The summed E-state index contributed by atoms with van der Waals surface area (Å²) in [7, 11) is 1.58. The van der Waals surface area contributed by atoms with Crippen LogP contribution in [0.2, 0.25) is 0 Å². The van der Waals surface area contributed by atoms with Crippen molar-refractivity contribution in [2.45, 2.75) is 13.8 Å². The summed E-state index contributed by atoms with van der Waals surface area (Å²) < 4.78 is 12.6. The molecule has 2 aromatic carbocycles. The number of rotatable bonds is 6. The smallest absolute Gasteiger partial charge is 0.293 e. The SMILES string of the molecule is COc1c(Br)cc(/C=C2\SC(=O)N(CCOc3cc(C)ccc3C)C2=O)cc1Br. The lowest BCUT2D eigenvalue weighted by Gasteiger charge is -2.14. The minimum Gasteiger partial charge on any atom is -0.494 e. The second-order valence-electron chi connectivity index (χ2n) is 6.47. The van der Waals surface area contributed by atoms with Crippen molar-refractivity contribution in [1.29, 1.82) is 0 Å². The maximum Gasteiger partial charge on any atom is 0.293 e. The van der Waals surface area contributed by atoms with Gasteiger partial charge in [0.2, 0.25) is 0 Å². The van der Waals surface area contributed by atoms with E-state index in [1.54, 1.807) is 13.2 Å². The Hall–Kier alpha value is -1.77. The van der Waals surface area contributed by atoms with Crippen LogP contribution in [-0.2, 0) is 4.79 Å². The Morgan fingerprint density at radius 2 is 1.79 bits per heavy atom. The lowest BCUT2D eigenvalue weighted by molar-refractivity contribution is -0.123. The normalized spacial score (nSPS) is 15.3. The van der Waals surface area contributed by atoms with E-state index in [0.717, 1.165) is 43.1 Å². The number of carbonyl (C=O) groups is 2. The van der Waals surface area contributed by atoms with Crippen LogP contribution in [0.4, 0.5) is 4.79 Å². The highest BCUT2D eigenvalue weighted by Crippen LogP contribution is 2.37. The van der Waals surface area contributed by atoms with Crippen LogP contribution in [0.5, 0.6) is 11.5 Å². The molecule has 1 saturated heterocycles. The van der Waals surface area contributed by atoms with Crippen molar-refractivity contribution in [3.8, 4) is 11.5 Å². The fourth-order valence-electron chi connectivity index (χ4n) is 2.81. The first-order valence-corrected chi connectivity index (χ1v) is 11.2. The van der Waals surface area contributed by atoms with Gasteiger partial charge in [-0.1, -0.05) is 12.1 Å². The molecule has 0 spiro atoms. The molecule has 2 amide bonds. The number of aryl methyl sites for hydroxylation is 2. The Labute approximate surface area is 190 Å². The summed E-state index contributed by atoms with van der Waals surface area (Å²) in [4.78, 5) is 26.6. The van der Waals surface area contributed by atoms with Crippen LogP contribution in [0.3, 0.4) is 0 Å². The van der Waals surface area contributed by atoms with Gasteiger partial charge in [-0.25, -0.2) is 0 Å². The zero-order valence-electron chi connectivity index (χ0n) is 16.1. The van der Waals surface area contributed by atoms with Gasteiger partial charge in [-0.15, -0.1) is 0 Å². The van der Waals surface area contributed by atoms with Crippen LogP contribution >= 0.6 is 43.6 Å². The first-order valence-electron chi connectivity index (χ1n) is 8.78. The van der Waals surface area contributed by atoms with Crippen molar-refractivity contribution in [1.82, 2.24) is 4.90 Å². The van der Waals surface area contributed by atoms with Crippen LogP contribution in [0.1, 0.15) is 16.7 Å². The summed E-state index contributed by atoms with van der Waals surface area (Å²) in [6.45, 7) is 4.40. The van der Waals surface area contributed by atoms with Crippen molar-refractivity contribution >= 4 is 60.8 Å². The Morgan fingerprint density at radius 1 is 1.10 bits per heavy atom. The molecular weight excluding hydrogens is 522 g/mol. The van der Waals surface area contributed by atoms with Crippen molar-refractivity contribution in [3.05, 3.63) is 60.9 Å². The van der Waals surface area contributed by atoms with Crippen LogP contribution in [0, 0.1) is 13.8 Å². The molecule has 0 radical (unpaired) electrons. The number of carbonyl (C=O) groups excluding carboxylic acids is 2. The Bertz CT molecular complexity index is 983. The highest BCUT2D eigenvalue weighted by molar-refractivity contribution is 9.11. The Morgan fingerprint density at radius 3 is 2.45 bits per heavy atom. The van der Waals surface area contributed by atoms with Crippen LogP contribution in [0.25, 0.3) is 6.08 Å². The van der Waals surface area contributed by atoms with Gasteiger partial charge in [0, 0.05) is 0 Å². The zero-order valence-corrected chi connectivity index (χ0v) is 20.1. The van der Waals surface area contributed by atoms with E-state index in [1.807, 2.05) is 44.2 Å². The predicted molar refractivity (Wildman–Crippen MR) is 122 cm³/mol. The van der Waals surface area contributed by atoms with Gasteiger partial charge in [0.15, 0.2) is 0 Å². The van der Waals surface area contributed by atoms with E-state index in [-0.39, 0.29) is 24.3 Å². The third kappa shape index (κ3) is 5.05. The van der Waals surface area contributed by atoms with E-state index in [2.05, 4.69) is 31.9 Å². The van der Waals surface area contributed by atoms with Gasteiger partial charge in [0.25, 0.3) is 11.1 Å². The summed E-state index contributed by atoms with van der Waals surface area (Å²) in [6, 6.07) is 9.61. The molecule has 0 saturated carbocycles. The molecule has 152 valence electrons. The van der Waals surface area contributed by atoms with E-state index in [4.69, 9.17) is 9.47 Å². The molecule has 2 aromatic rings. The standard InChI is InChI=1S/C21H19Br2NO4S/c1-12-4-5-13(2)17(8-12)28-7-6-24-20(25)18(29-21(24)26)11-14-9-15(22)19(27-3)16(23)10-14/h4-5,8-11H,6-7H2,1-3H3/b18-11-. The van der Waals surface area contributed by atoms with Gasteiger partial charge in [-0.05, 0) is 98.4 Å². The third-order valence-corrected chi connectivity index (χ3v) is 6.40. The Balaban J connectivity index is 1.69. The highest BCUT2D eigenvalue weighted by Gasteiger charge is 2.34. The van der Waals surface area contributed by atoms with Gasteiger partial charge < -0.3 is 9.47 Å². The minimum absolute atomic E-state index is 0.200. The van der Waals surface area contributed by atoms with E-state index in [1.165, 1.54) is 4.90 Å². The molecule has 5 nitrogen and oxygen atoms in total. The first kappa shape index (κ1) is 21.9. The van der Waals surface area contributed by atoms with Crippen molar-refractivity contribution in [2.75, 3.05) is 20.3 Å².